The van der Waals surface area contributed by atoms with Crippen molar-refractivity contribution in [3.63, 3.8) is 0 Å². The van der Waals surface area contributed by atoms with Gasteiger partial charge >= 0.3 is 0 Å². The summed E-state index contributed by atoms with van der Waals surface area (Å²) in [5.41, 5.74) is 1.08. The van der Waals surface area contributed by atoms with Crippen LogP contribution in [-0.4, -0.2) is 32.2 Å². The summed E-state index contributed by atoms with van der Waals surface area (Å²) in [4.78, 5) is 8.33. The number of rotatable bonds is 11. The van der Waals surface area contributed by atoms with Crippen LogP contribution in [0.4, 0.5) is 5.13 Å². The summed E-state index contributed by atoms with van der Waals surface area (Å²) in [6.45, 7) is 10.3. The first-order valence-corrected chi connectivity index (χ1v) is 8.79. The lowest BCUT2D eigenvalue weighted by Gasteiger charge is -2.14. The molecule has 0 bridgehead atoms. The number of unbranched alkanes of at least 4 members (excludes halogenated alkanes) is 2. The molecule has 1 rings (SSSR count). The Hall–Kier alpha value is -0.650. The largest absolute Gasteiger partial charge is 0.378 e. The number of aromatic nitrogens is 1. The Bertz CT molecular complexity index is 393. The number of nitrogens with one attached hydrogen (secondary N) is 1. The lowest BCUT2D eigenvalue weighted by Crippen LogP contribution is -2.19. The Morgan fingerprint density at radius 1 is 1.33 bits per heavy atom. The second-order valence-corrected chi connectivity index (χ2v) is 7.01. The third-order valence-corrected chi connectivity index (χ3v) is 4.52. The van der Waals surface area contributed by atoms with Crippen LogP contribution in [0.5, 0.6) is 0 Å². The lowest BCUT2D eigenvalue weighted by molar-refractivity contribution is 0.181. The Kier molecular flexibility index (Phi) is 8.88. The van der Waals surface area contributed by atoms with Crippen LogP contribution in [0.3, 0.4) is 0 Å². The minimum atomic E-state index is 0.595. The molecule has 0 aromatic carbocycles. The minimum Gasteiger partial charge on any atom is -0.378 e. The predicted octanol–water partition coefficient (Wildman–Crippen LogP) is 3.66. The van der Waals surface area contributed by atoms with Gasteiger partial charge in [-0.05, 0) is 18.9 Å². The van der Waals surface area contributed by atoms with Crippen LogP contribution in [0.1, 0.15) is 50.6 Å². The molecule has 0 fully saturated rings. The van der Waals surface area contributed by atoms with Gasteiger partial charge in [0.2, 0.25) is 0 Å². The van der Waals surface area contributed by atoms with E-state index in [-0.39, 0.29) is 0 Å². The summed E-state index contributed by atoms with van der Waals surface area (Å²) in [6, 6.07) is 0. The standard InChI is InChI=1S/C16H31N3OS/c1-6-7-8-9-19(4)16-18-14(12-20-5)15(21-16)11-17-10-13(2)3/h13,17H,6-12H2,1-5H3. The van der Waals surface area contributed by atoms with Crippen molar-refractivity contribution in [1.82, 2.24) is 10.3 Å². The molecular weight excluding hydrogens is 282 g/mol. The van der Waals surface area contributed by atoms with E-state index in [4.69, 9.17) is 9.72 Å². The van der Waals surface area contributed by atoms with Gasteiger partial charge in [0.15, 0.2) is 5.13 Å². The van der Waals surface area contributed by atoms with Gasteiger partial charge in [-0.25, -0.2) is 4.98 Å². The van der Waals surface area contributed by atoms with Crippen molar-refractivity contribution in [2.75, 3.05) is 32.1 Å². The Balaban J connectivity index is 2.63. The molecule has 0 amide bonds. The second kappa shape index (κ2) is 10.1. The molecule has 0 aliphatic carbocycles. The molecule has 0 saturated carbocycles. The number of methoxy groups -OCH3 is 1. The number of nitrogens with zero attached hydrogens (tertiary/aromatic N) is 2. The topological polar surface area (TPSA) is 37.4 Å². The molecule has 0 aliphatic rings. The van der Waals surface area contributed by atoms with Crippen molar-refractivity contribution in [2.24, 2.45) is 5.92 Å². The predicted molar refractivity (Wildman–Crippen MR) is 92.2 cm³/mol. The SMILES string of the molecule is CCCCCN(C)c1nc(COC)c(CNCC(C)C)s1. The van der Waals surface area contributed by atoms with Crippen molar-refractivity contribution in [3.8, 4) is 0 Å². The summed E-state index contributed by atoms with van der Waals surface area (Å²) < 4.78 is 5.29. The highest BCUT2D eigenvalue weighted by Crippen LogP contribution is 2.26. The average Bonchev–Trinajstić information content (AvgIpc) is 2.82. The fraction of sp³-hybridized carbons (Fsp3) is 0.812. The Labute approximate surface area is 133 Å². The molecule has 1 heterocycles. The zero-order valence-electron chi connectivity index (χ0n) is 14.2. The normalized spacial score (nSPS) is 11.3. The zero-order valence-corrected chi connectivity index (χ0v) is 15.1. The number of anilines is 1. The lowest BCUT2D eigenvalue weighted by atomic mass is 10.2. The van der Waals surface area contributed by atoms with E-state index in [2.05, 4.69) is 38.0 Å². The maximum atomic E-state index is 5.29. The second-order valence-electron chi connectivity index (χ2n) is 5.95. The number of ether oxygens (including phenoxy) is 1. The molecule has 4 nitrogen and oxygen atoms in total. The van der Waals surface area contributed by atoms with E-state index < -0.39 is 0 Å². The molecule has 1 aromatic heterocycles. The van der Waals surface area contributed by atoms with E-state index in [1.807, 2.05) is 0 Å². The van der Waals surface area contributed by atoms with Gasteiger partial charge in [0, 0.05) is 32.1 Å². The molecule has 5 heteroatoms. The molecule has 0 aliphatic heterocycles. The highest BCUT2D eigenvalue weighted by Gasteiger charge is 2.13. The van der Waals surface area contributed by atoms with Gasteiger partial charge in [-0.2, -0.15) is 0 Å². The summed E-state index contributed by atoms with van der Waals surface area (Å²) in [5.74, 6) is 0.667. The van der Waals surface area contributed by atoms with Gasteiger partial charge in [0.25, 0.3) is 0 Å². The van der Waals surface area contributed by atoms with E-state index in [0.717, 1.165) is 30.5 Å². The van der Waals surface area contributed by atoms with E-state index in [1.165, 1.54) is 24.1 Å². The van der Waals surface area contributed by atoms with Crippen molar-refractivity contribution in [2.45, 2.75) is 53.2 Å². The highest BCUT2D eigenvalue weighted by molar-refractivity contribution is 7.15. The number of hydrogen-bond donors (Lipinski definition) is 1. The summed E-state index contributed by atoms with van der Waals surface area (Å²) >= 11 is 1.79. The third kappa shape index (κ3) is 6.76. The van der Waals surface area contributed by atoms with Crippen LogP contribution in [0, 0.1) is 5.92 Å². The molecule has 1 N–H and O–H groups in total. The highest BCUT2D eigenvalue weighted by atomic mass is 32.1. The molecular formula is C16H31N3OS. The van der Waals surface area contributed by atoms with Gasteiger partial charge < -0.3 is 15.0 Å². The smallest absolute Gasteiger partial charge is 0.185 e. The monoisotopic (exact) mass is 313 g/mol. The molecule has 122 valence electrons. The van der Waals surface area contributed by atoms with Crippen molar-refractivity contribution in [1.29, 1.82) is 0 Å². The third-order valence-electron chi connectivity index (χ3n) is 3.31. The van der Waals surface area contributed by atoms with Crippen LogP contribution < -0.4 is 10.2 Å². The molecule has 0 atom stereocenters. The summed E-state index contributed by atoms with van der Waals surface area (Å²) in [6.07, 6.45) is 3.77. The van der Waals surface area contributed by atoms with Crippen molar-refractivity contribution < 1.29 is 4.74 Å². The number of hydrogen-bond acceptors (Lipinski definition) is 5. The Morgan fingerprint density at radius 2 is 2.10 bits per heavy atom. The maximum Gasteiger partial charge on any atom is 0.185 e. The van der Waals surface area contributed by atoms with Gasteiger partial charge in [-0.15, -0.1) is 11.3 Å². The van der Waals surface area contributed by atoms with E-state index in [0.29, 0.717) is 12.5 Å². The van der Waals surface area contributed by atoms with Crippen molar-refractivity contribution >= 4 is 16.5 Å². The molecule has 0 unspecified atom stereocenters. The maximum absolute atomic E-state index is 5.29. The number of thiazole rings is 1. The zero-order chi connectivity index (χ0) is 15.7. The Morgan fingerprint density at radius 3 is 2.71 bits per heavy atom. The summed E-state index contributed by atoms with van der Waals surface area (Å²) in [7, 11) is 3.87. The first-order valence-electron chi connectivity index (χ1n) is 7.97. The van der Waals surface area contributed by atoms with E-state index in [9.17, 15) is 0 Å². The fourth-order valence-corrected chi connectivity index (χ4v) is 3.11. The average molecular weight is 314 g/mol. The summed E-state index contributed by atoms with van der Waals surface area (Å²) in [5, 5.41) is 4.61. The van der Waals surface area contributed by atoms with Crippen LogP contribution >= 0.6 is 11.3 Å². The molecule has 21 heavy (non-hydrogen) atoms. The van der Waals surface area contributed by atoms with Crippen LogP contribution in [0.2, 0.25) is 0 Å². The quantitative estimate of drug-likeness (QED) is 0.633. The van der Waals surface area contributed by atoms with Crippen LogP contribution in [0.25, 0.3) is 0 Å². The van der Waals surface area contributed by atoms with Crippen LogP contribution in [-0.2, 0) is 17.9 Å². The first kappa shape index (κ1) is 18.4. The first-order chi connectivity index (χ1) is 10.1. The molecule has 0 spiro atoms. The van der Waals surface area contributed by atoms with E-state index in [1.54, 1.807) is 18.4 Å². The van der Waals surface area contributed by atoms with Gasteiger partial charge in [-0.3, -0.25) is 0 Å². The minimum absolute atomic E-state index is 0.595. The molecule has 1 aromatic rings. The van der Waals surface area contributed by atoms with Crippen LogP contribution in [0.15, 0.2) is 0 Å². The van der Waals surface area contributed by atoms with Gasteiger partial charge in [0.05, 0.1) is 12.3 Å². The fourth-order valence-electron chi connectivity index (χ4n) is 2.09. The molecule has 0 saturated heterocycles. The molecule has 0 radical (unpaired) electrons. The van der Waals surface area contributed by atoms with Crippen molar-refractivity contribution in [3.05, 3.63) is 10.6 Å². The van der Waals surface area contributed by atoms with E-state index >= 15 is 0 Å². The van der Waals surface area contributed by atoms with Gasteiger partial charge in [0.1, 0.15) is 0 Å². The van der Waals surface area contributed by atoms with Gasteiger partial charge in [-0.1, -0.05) is 33.6 Å².